The largest absolute Gasteiger partial charge is 0.375 e. The van der Waals surface area contributed by atoms with Crippen LogP contribution in [0.2, 0.25) is 0 Å². The highest BCUT2D eigenvalue weighted by atomic mass is 16.5. The molecule has 0 amide bonds. The Kier molecular flexibility index (Phi) is 5.32. The van der Waals surface area contributed by atoms with Crippen molar-refractivity contribution >= 4 is 0 Å². The molecule has 0 aliphatic heterocycles. The molecule has 2 aromatic rings. The van der Waals surface area contributed by atoms with E-state index in [9.17, 15) is 0 Å². The Bertz CT molecular complexity index is 585. The third-order valence-electron chi connectivity index (χ3n) is 3.46. The fraction of sp³-hybridized carbons (Fsp3) is 0.529. The lowest BCUT2D eigenvalue weighted by Crippen LogP contribution is -2.18. The van der Waals surface area contributed by atoms with Crippen molar-refractivity contribution in [3.8, 4) is 0 Å². The van der Waals surface area contributed by atoms with Crippen LogP contribution in [0, 0.1) is 0 Å². The Morgan fingerprint density at radius 3 is 2.41 bits per heavy atom. The van der Waals surface area contributed by atoms with Gasteiger partial charge in [0.1, 0.15) is 6.61 Å². The smallest absolute Gasteiger partial charge is 0.252 e. The molecule has 5 nitrogen and oxygen atoms in total. The van der Waals surface area contributed by atoms with Gasteiger partial charge in [-0.05, 0) is 23.6 Å². The van der Waals surface area contributed by atoms with E-state index in [2.05, 4.69) is 60.1 Å². The van der Waals surface area contributed by atoms with Gasteiger partial charge in [0, 0.05) is 13.7 Å². The van der Waals surface area contributed by atoms with E-state index >= 15 is 0 Å². The monoisotopic (exact) mass is 303 g/mol. The topological polar surface area (TPSA) is 51.4 Å². The molecule has 0 atom stereocenters. The van der Waals surface area contributed by atoms with Crippen molar-refractivity contribution in [2.75, 3.05) is 14.2 Å². The minimum absolute atomic E-state index is 0.187. The van der Waals surface area contributed by atoms with Crippen LogP contribution >= 0.6 is 0 Å². The summed E-state index contributed by atoms with van der Waals surface area (Å²) in [6.45, 7) is 8.52. The highest BCUT2D eigenvalue weighted by Crippen LogP contribution is 2.22. The fourth-order valence-corrected chi connectivity index (χ4v) is 2.26. The van der Waals surface area contributed by atoms with Crippen LogP contribution in [0.4, 0.5) is 0 Å². The maximum Gasteiger partial charge on any atom is 0.252 e. The van der Waals surface area contributed by atoms with Crippen molar-refractivity contribution in [2.24, 2.45) is 0 Å². The van der Waals surface area contributed by atoms with Gasteiger partial charge in [0.25, 0.3) is 5.89 Å². The van der Waals surface area contributed by atoms with Crippen LogP contribution in [0.3, 0.4) is 0 Å². The first-order valence-electron chi connectivity index (χ1n) is 7.47. The Labute approximate surface area is 132 Å². The summed E-state index contributed by atoms with van der Waals surface area (Å²) in [5, 5.41) is 3.96. The summed E-state index contributed by atoms with van der Waals surface area (Å²) in [6, 6.07) is 8.77. The Morgan fingerprint density at radius 1 is 1.14 bits per heavy atom. The summed E-state index contributed by atoms with van der Waals surface area (Å²) >= 11 is 0. The number of rotatable bonds is 6. The molecule has 0 unspecified atom stereocenters. The van der Waals surface area contributed by atoms with Crippen LogP contribution < -0.4 is 0 Å². The van der Waals surface area contributed by atoms with E-state index < -0.39 is 0 Å². The number of benzene rings is 1. The molecule has 0 radical (unpaired) electrons. The van der Waals surface area contributed by atoms with Crippen LogP contribution in [0.15, 0.2) is 28.8 Å². The van der Waals surface area contributed by atoms with E-state index in [1.165, 1.54) is 11.1 Å². The predicted molar refractivity (Wildman–Crippen MR) is 85.3 cm³/mol. The second-order valence-electron chi connectivity index (χ2n) is 6.66. The number of aromatic nitrogens is 2. The third kappa shape index (κ3) is 4.64. The summed E-state index contributed by atoms with van der Waals surface area (Å²) in [7, 11) is 3.65. The molecule has 0 saturated heterocycles. The van der Waals surface area contributed by atoms with Gasteiger partial charge in [-0.2, -0.15) is 4.98 Å². The number of ether oxygens (including phenoxy) is 1. The van der Waals surface area contributed by atoms with Gasteiger partial charge < -0.3 is 9.26 Å². The summed E-state index contributed by atoms with van der Waals surface area (Å²) in [5.41, 5.74) is 2.81. The average molecular weight is 303 g/mol. The highest BCUT2D eigenvalue weighted by Gasteiger charge is 2.13. The van der Waals surface area contributed by atoms with Gasteiger partial charge in [0.2, 0.25) is 0 Å². The van der Waals surface area contributed by atoms with Gasteiger partial charge in [-0.15, -0.1) is 0 Å². The van der Waals surface area contributed by atoms with Gasteiger partial charge in [0.15, 0.2) is 5.82 Å². The molecule has 0 fully saturated rings. The van der Waals surface area contributed by atoms with E-state index in [0.717, 1.165) is 6.54 Å². The standard InChI is InChI=1S/C17H25N3O2/c1-17(2,3)14-8-6-13(7-9-14)10-20(4)11-15-18-16(12-21-5)22-19-15/h6-9H,10-12H2,1-5H3. The minimum atomic E-state index is 0.187. The number of hydrogen-bond acceptors (Lipinski definition) is 5. The zero-order valence-corrected chi connectivity index (χ0v) is 14.1. The van der Waals surface area contributed by atoms with Crippen LogP contribution in [0.25, 0.3) is 0 Å². The molecule has 0 N–H and O–H groups in total. The van der Waals surface area contributed by atoms with Crippen LogP contribution in [0.1, 0.15) is 43.6 Å². The number of nitrogens with zero attached hydrogens (tertiary/aromatic N) is 3. The lowest BCUT2D eigenvalue weighted by Gasteiger charge is -2.20. The Balaban J connectivity index is 1.92. The summed E-state index contributed by atoms with van der Waals surface area (Å²) < 4.78 is 10.1. The lowest BCUT2D eigenvalue weighted by molar-refractivity contribution is 0.151. The molecule has 0 aliphatic rings. The van der Waals surface area contributed by atoms with Crippen molar-refractivity contribution in [1.29, 1.82) is 0 Å². The van der Waals surface area contributed by atoms with E-state index in [1.54, 1.807) is 7.11 Å². The van der Waals surface area contributed by atoms with E-state index in [4.69, 9.17) is 9.26 Å². The molecule has 5 heteroatoms. The van der Waals surface area contributed by atoms with E-state index in [-0.39, 0.29) is 5.41 Å². The van der Waals surface area contributed by atoms with Crippen LogP contribution in [-0.4, -0.2) is 29.2 Å². The molecular weight excluding hydrogens is 278 g/mol. The first-order valence-corrected chi connectivity index (χ1v) is 7.47. The van der Waals surface area contributed by atoms with Crippen molar-refractivity contribution in [3.05, 3.63) is 47.1 Å². The van der Waals surface area contributed by atoms with Gasteiger partial charge in [-0.1, -0.05) is 50.2 Å². The average Bonchev–Trinajstić information content (AvgIpc) is 2.86. The number of methoxy groups -OCH3 is 1. The molecule has 1 aromatic heterocycles. The Morgan fingerprint density at radius 2 is 1.82 bits per heavy atom. The van der Waals surface area contributed by atoms with Crippen LogP contribution in [0.5, 0.6) is 0 Å². The van der Waals surface area contributed by atoms with E-state index in [0.29, 0.717) is 24.9 Å². The lowest BCUT2D eigenvalue weighted by atomic mass is 9.87. The first-order chi connectivity index (χ1) is 10.4. The van der Waals surface area contributed by atoms with Crippen molar-refractivity contribution in [1.82, 2.24) is 15.0 Å². The van der Waals surface area contributed by atoms with Gasteiger partial charge in [-0.25, -0.2) is 0 Å². The molecule has 120 valence electrons. The van der Waals surface area contributed by atoms with E-state index in [1.807, 2.05) is 7.05 Å². The third-order valence-corrected chi connectivity index (χ3v) is 3.46. The van der Waals surface area contributed by atoms with Crippen molar-refractivity contribution < 1.29 is 9.26 Å². The zero-order valence-electron chi connectivity index (χ0n) is 14.1. The minimum Gasteiger partial charge on any atom is -0.375 e. The van der Waals surface area contributed by atoms with Crippen LogP contribution in [-0.2, 0) is 29.8 Å². The number of hydrogen-bond donors (Lipinski definition) is 0. The van der Waals surface area contributed by atoms with Crippen molar-refractivity contribution in [3.63, 3.8) is 0 Å². The molecule has 0 aliphatic carbocycles. The molecule has 22 heavy (non-hydrogen) atoms. The summed E-state index contributed by atoms with van der Waals surface area (Å²) in [5.74, 6) is 1.20. The molecule has 1 heterocycles. The highest BCUT2D eigenvalue weighted by molar-refractivity contribution is 5.27. The van der Waals surface area contributed by atoms with Gasteiger partial charge in [0.05, 0.1) is 6.54 Å². The van der Waals surface area contributed by atoms with Gasteiger partial charge in [-0.3, -0.25) is 4.90 Å². The zero-order chi connectivity index (χ0) is 16.2. The molecule has 2 rings (SSSR count). The second kappa shape index (κ2) is 7.03. The Hall–Kier alpha value is -1.72. The normalized spacial score (nSPS) is 12.1. The molecular formula is C17H25N3O2. The predicted octanol–water partition coefficient (Wildman–Crippen LogP) is 3.15. The maximum absolute atomic E-state index is 5.10. The summed E-state index contributed by atoms with van der Waals surface area (Å²) in [6.07, 6.45) is 0. The van der Waals surface area contributed by atoms with Crippen molar-refractivity contribution in [2.45, 2.75) is 45.9 Å². The second-order valence-corrected chi connectivity index (χ2v) is 6.66. The molecule has 0 saturated carbocycles. The first kappa shape index (κ1) is 16.6. The summed E-state index contributed by atoms with van der Waals surface area (Å²) in [4.78, 5) is 6.44. The maximum atomic E-state index is 5.10. The fourth-order valence-electron chi connectivity index (χ4n) is 2.26. The quantitative estimate of drug-likeness (QED) is 0.820. The molecule has 1 aromatic carbocycles. The van der Waals surface area contributed by atoms with Gasteiger partial charge >= 0.3 is 0 Å². The molecule has 0 bridgehead atoms. The molecule has 0 spiro atoms. The SMILES string of the molecule is COCc1nc(CN(C)Cc2ccc(C(C)(C)C)cc2)no1.